The summed E-state index contributed by atoms with van der Waals surface area (Å²) >= 11 is 0. The number of anilines is 1. The minimum absolute atomic E-state index is 0.111. The molecule has 1 aromatic rings. The van der Waals surface area contributed by atoms with Gasteiger partial charge < -0.3 is 10.1 Å². The molecule has 17 heavy (non-hydrogen) atoms. The topological polar surface area (TPSA) is 55.4 Å². The van der Waals surface area contributed by atoms with Crippen molar-refractivity contribution >= 4 is 17.6 Å². The van der Waals surface area contributed by atoms with Crippen molar-refractivity contribution < 1.29 is 14.3 Å². The Bertz CT molecular complexity index is 433. The van der Waals surface area contributed by atoms with E-state index in [1.807, 2.05) is 39.0 Å². The fourth-order valence-electron chi connectivity index (χ4n) is 1.51. The minimum Gasteiger partial charge on any atom is -0.462 e. The van der Waals surface area contributed by atoms with Crippen LogP contribution in [-0.4, -0.2) is 19.0 Å². The van der Waals surface area contributed by atoms with E-state index in [9.17, 15) is 9.59 Å². The number of carbonyl (C=O) groups is 2. The molecule has 1 aromatic carbocycles. The number of amides is 1. The molecule has 0 heterocycles. The van der Waals surface area contributed by atoms with E-state index in [-0.39, 0.29) is 5.41 Å². The molecule has 0 saturated heterocycles. The second-order valence-electron chi connectivity index (χ2n) is 4.74. The summed E-state index contributed by atoms with van der Waals surface area (Å²) in [5, 5.41) is 2.55. The highest BCUT2D eigenvalue weighted by Crippen LogP contribution is 2.29. The van der Waals surface area contributed by atoms with Crippen LogP contribution in [0.5, 0.6) is 0 Å². The molecule has 92 valence electrons. The summed E-state index contributed by atoms with van der Waals surface area (Å²) in [6.07, 6.45) is 0. The number of para-hydroxylation sites is 1. The highest BCUT2D eigenvalue weighted by atomic mass is 16.5. The maximum atomic E-state index is 11.4. The van der Waals surface area contributed by atoms with Gasteiger partial charge in [0.05, 0.1) is 7.11 Å². The Morgan fingerprint density at radius 3 is 2.29 bits per heavy atom. The van der Waals surface area contributed by atoms with Crippen LogP contribution in [0.2, 0.25) is 0 Å². The number of benzene rings is 1. The number of hydrogen-bond donors (Lipinski definition) is 1. The lowest BCUT2D eigenvalue weighted by Crippen LogP contribution is -2.26. The van der Waals surface area contributed by atoms with E-state index < -0.39 is 11.9 Å². The highest BCUT2D eigenvalue weighted by molar-refractivity contribution is 6.37. The van der Waals surface area contributed by atoms with Gasteiger partial charge in [-0.2, -0.15) is 0 Å². The Morgan fingerprint density at radius 1 is 1.18 bits per heavy atom. The molecule has 0 aliphatic rings. The molecule has 0 spiro atoms. The van der Waals surface area contributed by atoms with E-state index >= 15 is 0 Å². The first kappa shape index (κ1) is 13.2. The van der Waals surface area contributed by atoms with Gasteiger partial charge in [0.2, 0.25) is 0 Å². The van der Waals surface area contributed by atoms with Crippen molar-refractivity contribution in [1.29, 1.82) is 0 Å². The molecular formula is C13H17NO3. The first-order valence-electron chi connectivity index (χ1n) is 5.35. The summed E-state index contributed by atoms with van der Waals surface area (Å²) in [6, 6.07) is 7.39. The third-order valence-corrected chi connectivity index (χ3v) is 2.35. The first-order valence-corrected chi connectivity index (χ1v) is 5.35. The van der Waals surface area contributed by atoms with Gasteiger partial charge in [-0.1, -0.05) is 39.0 Å². The van der Waals surface area contributed by atoms with Crippen molar-refractivity contribution in [2.45, 2.75) is 26.2 Å². The average molecular weight is 235 g/mol. The quantitative estimate of drug-likeness (QED) is 0.599. The zero-order valence-electron chi connectivity index (χ0n) is 10.5. The molecule has 0 aliphatic carbocycles. The van der Waals surface area contributed by atoms with Crippen molar-refractivity contribution in [1.82, 2.24) is 0 Å². The Balaban J connectivity index is 3.00. The second-order valence-corrected chi connectivity index (χ2v) is 4.74. The van der Waals surface area contributed by atoms with Gasteiger partial charge in [0.15, 0.2) is 0 Å². The van der Waals surface area contributed by atoms with Crippen LogP contribution in [0.15, 0.2) is 24.3 Å². The number of esters is 1. The SMILES string of the molecule is COC(=O)C(=O)Nc1ccccc1C(C)(C)C. The standard InChI is InChI=1S/C13H17NO3/c1-13(2,3)9-7-5-6-8-10(9)14-11(15)12(16)17-4/h5-8H,1-4H3,(H,14,15). The number of methoxy groups -OCH3 is 1. The summed E-state index contributed by atoms with van der Waals surface area (Å²) in [6.45, 7) is 6.11. The molecule has 4 nitrogen and oxygen atoms in total. The van der Waals surface area contributed by atoms with Crippen LogP contribution in [-0.2, 0) is 19.7 Å². The first-order chi connectivity index (χ1) is 7.86. The average Bonchev–Trinajstić information content (AvgIpc) is 2.27. The van der Waals surface area contributed by atoms with Crippen LogP contribution in [0.4, 0.5) is 5.69 Å². The molecule has 1 rings (SSSR count). The third kappa shape index (κ3) is 3.31. The molecule has 4 heteroatoms. The van der Waals surface area contributed by atoms with Gasteiger partial charge in [-0.25, -0.2) is 4.79 Å². The molecule has 0 radical (unpaired) electrons. The Hall–Kier alpha value is -1.84. The number of rotatable bonds is 1. The minimum atomic E-state index is -0.895. The van der Waals surface area contributed by atoms with Crippen LogP contribution < -0.4 is 5.32 Å². The van der Waals surface area contributed by atoms with Crippen LogP contribution in [0.1, 0.15) is 26.3 Å². The van der Waals surface area contributed by atoms with E-state index in [0.717, 1.165) is 5.56 Å². The Labute approximate surface area is 101 Å². The molecule has 1 amide bonds. The number of ether oxygens (including phenoxy) is 1. The maximum Gasteiger partial charge on any atom is 0.396 e. The van der Waals surface area contributed by atoms with E-state index in [1.54, 1.807) is 6.07 Å². The van der Waals surface area contributed by atoms with Crippen molar-refractivity contribution in [2.24, 2.45) is 0 Å². The fraction of sp³-hybridized carbons (Fsp3) is 0.385. The molecule has 0 atom stereocenters. The van der Waals surface area contributed by atoms with Crippen molar-refractivity contribution in [3.05, 3.63) is 29.8 Å². The predicted molar refractivity (Wildman–Crippen MR) is 65.8 cm³/mol. The maximum absolute atomic E-state index is 11.4. The summed E-state index contributed by atoms with van der Waals surface area (Å²) in [5.41, 5.74) is 1.49. The number of nitrogens with one attached hydrogen (secondary N) is 1. The molecular weight excluding hydrogens is 218 g/mol. The summed E-state index contributed by atoms with van der Waals surface area (Å²) in [5.74, 6) is -1.65. The smallest absolute Gasteiger partial charge is 0.396 e. The van der Waals surface area contributed by atoms with Gasteiger partial charge >= 0.3 is 11.9 Å². The van der Waals surface area contributed by atoms with E-state index in [0.29, 0.717) is 5.69 Å². The molecule has 1 N–H and O–H groups in total. The van der Waals surface area contributed by atoms with Crippen LogP contribution in [0, 0.1) is 0 Å². The molecule has 0 aliphatic heterocycles. The molecule has 0 fully saturated rings. The number of carbonyl (C=O) groups excluding carboxylic acids is 2. The largest absolute Gasteiger partial charge is 0.462 e. The second kappa shape index (κ2) is 4.99. The van der Waals surface area contributed by atoms with E-state index in [4.69, 9.17) is 0 Å². The zero-order valence-corrected chi connectivity index (χ0v) is 10.5. The lowest BCUT2D eigenvalue weighted by molar-refractivity contribution is -0.150. The van der Waals surface area contributed by atoms with Crippen LogP contribution in [0.3, 0.4) is 0 Å². The van der Waals surface area contributed by atoms with Gasteiger partial charge in [-0.15, -0.1) is 0 Å². The molecule has 0 unspecified atom stereocenters. The summed E-state index contributed by atoms with van der Waals surface area (Å²) < 4.78 is 4.36. The van der Waals surface area contributed by atoms with Gasteiger partial charge in [-0.05, 0) is 17.0 Å². The lowest BCUT2D eigenvalue weighted by atomic mass is 9.86. The Kier molecular flexibility index (Phi) is 3.89. The molecule has 0 saturated carbocycles. The van der Waals surface area contributed by atoms with Gasteiger partial charge in [0.25, 0.3) is 0 Å². The predicted octanol–water partition coefficient (Wildman–Crippen LogP) is 2.10. The lowest BCUT2D eigenvalue weighted by Gasteiger charge is -2.22. The highest BCUT2D eigenvalue weighted by Gasteiger charge is 2.21. The van der Waals surface area contributed by atoms with Crippen molar-refractivity contribution in [2.75, 3.05) is 12.4 Å². The summed E-state index contributed by atoms with van der Waals surface area (Å²) in [7, 11) is 1.18. The van der Waals surface area contributed by atoms with Crippen LogP contribution >= 0.6 is 0 Å². The van der Waals surface area contributed by atoms with Crippen LogP contribution in [0.25, 0.3) is 0 Å². The monoisotopic (exact) mass is 235 g/mol. The normalized spacial score (nSPS) is 10.8. The van der Waals surface area contributed by atoms with Crippen molar-refractivity contribution in [3.8, 4) is 0 Å². The number of hydrogen-bond acceptors (Lipinski definition) is 3. The van der Waals surface area contributed by atoms with Gasteiger partial charge in [0.1, 0.15) is 0 Å². The van der Waals surface area contributed by atoms with Gasteiger partial charge in [-0.3, -0.25) is 4.79 Å². The molecule has 0 aromatic heterocycles. The van der Waals surface area contributed by atoms with Crippen molar-refractivity contribution in [3.63, 3.8) is 0 Å². The Morgan fingerprint density at radius 2 is 1.76 bits per heavy atom. The fourth-order valence-corrected chi connectivity index (χ4v) is 1.51. The van der Waals surface area contributed by atoms with E-state index in [1.165, 1.54) is 7.11 Å². The summed E-state index contributed by atoms with van der Waals surface area (Å²) in [4.78, 5) is 22.5. The molecule has 0 bridgehead atoms. The zero-order chi connectivity index (χ0) is 13.1. The van der Waals surface area contributed by atoms with Gasteiger partial charge in [0, 0.05) is 5.69 Å². The third-order valence-electron chi connectivity index (χ3n) is 2.35. The van der Waals surface area contributed by atoms with E-state index in [2.05, 4.69) is 10.1 Å².